The van der Waals surface area contributed by atoms with Crippen LogP contribution < -0.4 is 0 Å². The molecule has 0 aromatic rings. The van der Waals surface area contributed by atoms with E-state index in [4.69, 9.17) is 4.74 Å². The van der Waals surface area contributed by atoms with Gasteiger partial charge in [0.15, 0.2) is 0 Å². The molecule has 0 aromatic carbocycles. The van der Waals surface area contributed by atoms with E-state index in [1.54, 1.807) is 0 Å². The summed E-state index contributed by atoms with van der Waals surface area (Å²) in [7, 11) is 4.27. The van der Waals surface area contributed by atoms with Crippen LogP contribution in [0.4, 0.5) is 0 Å². The Balaban J connectivity index is 2.26. The van der Waals surface area contributed by atoms with Crippen molar-refractivity contribution in [3.63, 3.8) is 0 Å². The summed E-state index contributed by atoms with van der Waals surface area (Å²) in [4.78, 5) is 2.27. The maximum atomic E-state index is 5.51. The molecule has 0 radical (unpaired) electrons. The fourth-order valence-electron chi connectivity index (χ4n) is 1.47. The Bertz CT molecular complexity index is 95.7. The largest absolute Gasteiger partial charge is 0.380 e. The highest BCUT2D eigenvalue weighted by Gasteiger charge is 2.12. The van der Waals surface area contributed by atoms with Crippen LogP contribution in [0.5, 0.6) is 0 Å². The summed E-state index contributed by atoms with van der Waals surface area (Å²) in [5, 5.41) is 0. The second-order valence-corrected chi connectivity index (χ2v) is 3.54. The highest BCUT2D eigenvalue weighted by Crippen LogP contribution is 2.11. The molecule has 0 aliphatic carbocycles. The maximum Gasteiger partial charge on any atom is 0.0621 e. The molecule has 0 spiro atoms. The van der Waals surface area contributed by atoms with Gasteiger partial charge in [-0.1, -0.05) is 12.8 Å². The lowest BCUT2D eigenvalue weighted by Crippen LogP contribution is -2.33. The maximum absolute atomic E-state index is 5.51. The summed E-state index contributed by atoms with van der Waals surface area (Å²) >= 11 is 0. The molecule has 66 valence electrons. The monoisotopic (exact) mass is 157 g/mol. The number of ether oxygens (including phenoxy) is 1. The third-order valence-corrected chi connectivity index (χ3v) is 2.37. The smallest absolute Gasteiger partial charge is 0.0621 e. The van der Waals surface area contributed by atoms with Crippen molar-refractivity contribution >= 4 is 0 Å². The average Bonchev–Trinajstić information content (AvgIpc) is 1.84. The Kier molecular flexibility index (Phi) is 3.87. The zero-order valence-electron chi connectivity index (χ0n) is 7.68. The Morgan fingerprint density at radius 3 is 2.73 bits per heavy atom. The van der Waals surface area contributed by atoms with Crippen molar-refractivity contribution in [2.75, 3.05) is 27.3 Å². The van der Waals surface area contributed by atoms with Crippen LogP contribution in [0, 0.1) is 0 Å². The van der Waals surface area contributed by atoms with Crippen LogP contribution in [-0.4, -0.2) is 38.3 Å². The first kappa shape index (κ1) is 9.01. The molecular weight excluding hydrogens is 138 g/mol. The lowest BCUT2D eigenvalue weighted by atomic mass is 10.1. The van der Waals surface area contributed by atoms with Gasteiger partial charge in [-0.3, -0.25) is 0 Å². The van der Waals surface area contributed by atoms with Gasteiger partial charge in [-0.15, -0.1) is 0 Å². The summed E-state index contributed by atoms with van der Waals surface area (Å²) < 4.78 is 5.51. The summed E-state index contributed by atoms with van der Waals surface area (Å²) in [5.74, 6) is 0. The topological polar surface area (TPSA) is 12.5 Å². The summed E-state index contributed by atoms with van der Waals surface area (Å²) in [6.07, 6.45) is 5.25. The van der Waals surface area contributed by atoms with Crippen LogP contribution in [0.15, 0.2) is 0 Å². The molecule has 0 amide bonds. The van der Waals surface area contributed by atoms with Gasteiger partial charge in [0.2, 0.25) is 0 Å². The van der Waals surface area contributed by atoms with Gasteiger partial charge >= 0.3 is 0 Å². The number of nitrogens with zero attached hydrogens (tertiary/aromatic N) is 1. The van der Waals surface area contributed by atoms with E-state index in [1.807, 2.05) is 0 Å². The van der Waals surface area contributed by atoms with Crippen LogP contribution in [0.25, 0.3) is 0 Å². The fourth-order valence-corrected chi connectivity index (χ4v) is 1.47. The minimum absolute atomic E-state index is 0.648. The number of likely N-dealkylation sites (N-methyl/N-ethyl adjacent to an activating group) is 1. The van der Waals surface area contributed by atoms with Gasteiger partial charge in [-0.25, -0.2) is 0 Å². The summed E-state index contributed by atoms with van der Waals surface area (Å²) in [6, 6.07) is 0.648. The molecule has 2 nitrogen and oxygen atoms in total. The SMILES string of the molecule is CN(C)[C@@H]1CCCCCOC1. The van der Waals surface area contributed by atoms with E-state index in [0.29, 0.717) is 6.04 Å². The molecule has 1 aliphatic heterocycles. The van der Waals surface area contributed by atoms with E-state index in [0.717, 1.165) is 13.2 Å². The average molecular weight is 157 g/mol. The Hall–Kier alpha value is -0.0800. The zero-order valence-corrected chi connectivity index (χ0v) is 7.68. The van der Waals surface area contributed by atoms with E-state index in [-0.39, 0.29) is 0 Å². The highest BCUT2D eigenvalue weighted by molar-refractivity contribution is 4.67. The van der Waals surface area contributed by atoms with Crippen LogP contribution in [0.3, 0.4) is 0 Å². The molecule has 2 heteroatoms. The van der Waals surface area contributed by atoms with Gasteiger partial charge < -0.3 is 9.64 Å². The summed E-state index contributed by atoms with van der Waals surface area (Å²) in [5.41, 5.74) is 0. The second-order valence-electron chi connectivity index (χ2n) is 3.54. The molecular formula is C9H19NO. The van der Waals surface area contributed by atoms with Gasteiger partial charge in [0.1, 0.15) is 0 Å². The lowest BCUT2D eigenvalue weighted by Gasteiger charge is -2.25. The van der Waals surface area contributed by atoms with E-state index >= 15 is 0 Å². The Labute approximate surface area is 69.5 Å². The van der Waals surface area contributed by atoms with Gasteiger partial charge in [-0.2, -0.15) is 0 Å². The van der Waals surface area contributed by atoms with E-state index in [1.165, 1.54) is 25.7 Å². The van der Waals surface area contributed by atoms with Crippen LogP contribution >= 0.6 is 0 Å². The fraction of sp³-hybridized carbons (Fsp3) is 1.00. The van der Waals surface area contributed by atoms with E-state index < -0.39 is 0 Å². The van der Waals surface area contributed by atoms with E-state index in [2.05, 4.69) is 19.0 Å². The quantitative estimate of drug-likeness (QED) is 0.572. The Morgan fingerprint density at radius 1 is 1.18 bits per heavy atom. The molecule has 1 fully saturated rings. The van der Waals surface area contributed by atoms with Crippen molar-refractivity contribution in [3.8, 4) is 0 Å². The molecule has 1 aliphatic rings. The molecule has 1 saturated heterocycles. The number of rotatable bonds is 1. The minimum Gasteiger partial charge on any atom is -0.380 e. The molecule has 0 aromatic heterocycles. The third-order valence-electron chi connectivity index (χ3n) is 2.37. The predicted octanol–water partition coefficient (Wildman–Crippen LogP) is 1.51. The molecule has 0 unspecified atom stereocenters. The third kappa shape index (κ3) is 3.21. The zero-order chi connectivity index (χ0) is 8.10. The first-order valence-corrected chi connectivity index (χ1v) is 4.55. The van der Waals surface area contributed by atoms with Gasteiger partial charge in [0.05, 0.1) is 6.61 Å². The van der Waals surface area contributed by atoms with Crippen LogP contribution in [-0.2, 0) is 4.74 Å². The summed E-state index contributed by atoms with van der Waals surface area (Å²) in [6.45, 7) is 1.89. The van der Waals surface area contributed by atoms with Gasteiger partial charge in [0.25, 0.3) is 0 Å². The van der Waals surface area contributed by atoms with Gasteiger partial charge in [-0.05, 0) is 26.9 Å². The van der Waals surface area contributed by atoms with Crippen molar-refractivity contribution in [1.29, 1.82) is 0 Å². The standard InChI is InChI=1S/C9H19NO/c1-10(2)9-6-4-3-5-7-11-8-9/h9H,3-8H2,1-2H3/t9-/m1/s1. The predicted molar refractivity (Wildman–Crippen MR) is 46.8 cm³/mol. The van der Waals surface area contributed by atoms with Crippen molar-refractivity contribution in [2.24, 2.45) is 0 Å². The second kappa shape index (κ2) is 4.73. The molecule has 1 heterocycles. The molecule has 0 saturated carbocycles. The minimum atomic E-state index is 0.648. The molecule has 0 N–H and O–H groups in total. The van der Waals surface area contributed by atoms with Crippen molar-refractivity contribution in [2.45, 2.75) is 31.7 Å². The van der Waals surface area contributed by atoms with Crippen LogP contribution in [0.1, 0.15) is 25.7 Å². The van der Waals surface area contributed by atoms with Crippen molar-refractivity contribution < 1.29 is 4.74 Å². The molecule has 0 bridgehead atoms. The molecule has 11 heavy (non-hydrogen) atoms. The van der Waals surface area contributed by atoms with Crippen LogP contribution in [0.2, 0.25) is 0 Å². The first-order valence-electron chi connectivity index (χ1n) is 4.55. The first-order chi connectivity index (χ1) is 5.30. The normalized spacial score (nSPS) is 28.1. The lowest BCUT2D eigenvalue weighted by molar-refractivity contribution is 0.0616. The Morgan fingerprint density at radius 2 is 2.00 bits per heavy atom. The van der Waals surface area contributed by atoms with Crippen molar-refractivity contribution in [1.82, 2.24) is 4.90 Å². The molecule has 1 rings (SSSR count). The number of hydrogen-bond acceptors (Lipinski definition) is 2. The van der Waals surface area contributed by atoms with Gasteiger partial charge in [0, 0.05) is 12.6 Å². The number of hydrogen-bond donors (Lipinski definition) is 0. The molecule has 1 atom stereocenters. The highest BCUT2D eigenvalue weighted by atomic mass is 16.5. The van der Waals surface area contributed by atoms with E-state index in [9.17, 15) is 0 Å². The van der Waals surface area contributed by atoms with Crippen molar-refractivity contribution in [3.05, 3.63) is 0 Å².